The summed E-state index contributed by atoms with van der Waals surface area (Å²) in [6.07, 6.45) is 6.54. The Morgan fingerprint density at radius 1 is 1.22 bits per heavy atom. The summed E-state index contributed by atoms with van der Waals surface area (Å²) in [6, 6.07) is 8.04. The molecule has 0 atom stereocenters. The van der Waals surface area contributed by atoms with E-state index in [0.717, 1.165) is 11.3 Å². The highest BCUT2D eigenvalue weighted by Crippen LogP contribution is 2.14. The molecule has 2 heterocycles. The van der Waals surface area contributed by atoms with Crippen molar-refractivity contribution in [1.82, 2.24) is 24.8 Å². The first kappa shape index (κ1) is 15.0. The fourth-order valence-corrected chi connectivity index (χ4v) is 2.14. The van der Waals surface area contributed by atoms with Gasteiger partial charge in [-0.25, -0.2) is 10.1 Å². The Morgan fingerprint density at radius 2 is 2.00 bits per heavy atom. The molecule has 23 heavy (non-hydrogen) atoms. The topological polar surface area (TPSA) is 75.0 Å². The zero-order chi connectivity index (χ0) is 16.2. The molecule has 1 aromatic carbocycles. The van der Waals surface area contributed by atoms with Crippen LogP contribution < -0.4 is 4.90 Å². The van der Waals surface area contributed by atoms with E-state index in [4.69, 9.17) is 12.2 Å². The number of aromatic nitrogens is 5. The second-order valence-corrected chi connectivity index (χ2v) is 5.37. The summed E-state index contributed by atoms with van der Waals surface area (Å²) in [5.74, 6) is 0.518. The Bertz CT molecular complexity index is 863. The minimum absolute atomic E-state index is 0.395. The molecule has 0 aliphatic heterocycles. The van der Waals surface area contributed by atoms with E-state index in [1.807, 2.05) is 43.3 Å². The van der Waals surface area contributed by atoms with E-state index in [2.05, 4.69) is 25.3 Å². The highest BCUT2D eigenvalue weighted by Gasteiger charge is 2.09. The van der Waals surface area contributed by atoms with E-state index in [9.17, 15) is 0 Å². The van der Waals surface area contributed by atoms with Gasteiger partial charge in [0.15, 0.2) is 0 Å². The molecule has 0 saturated carbocycles. The number of aromatic amines is 1. The number of nitrogens with one attached hydrogen (secondary N) is 1. The molecule has 8 heteroatoms. The lowest BCUT2D eigenvalue weighted by Gasteiger charge is -2.11. The number of rotatable bonds is 4. The molecule has 0 fully saturated rings. The molecule has 0 amide bonds. The Labute approximate surface area is 138 Å². The molecule has 0 unspecified atom stereocenters. The Kier molecular flexibility index (Phi) is 4.24. The Balaban J connectivity index is 1.91. The summed E-state index contributed by atoms with van der Waals surface area (Å²) in [4.78, 5) is 10.3. The van der Waals surface area contributed by atoms with Crippen LogP contribution >= 0.6 is 12.2 Å². The van der Waals surface area contributed by atoms with Crippen LogP contribution in [0.3, 0.4) is 0 Å². The van der Waals surface area contributed by atoms with Gasteiger partial charge in [0.05, 0.1) is 12.4 Å². The van der Waals surface area contributed by atoms with E-state index in [1.54, 1.807) is 24.8 Å². The van der Waals surface area contributed by atoms with Gasteiger partial charge >= 0.3 is 0 Å². The average molecular weight is 325 g/mol. The summed E-state index contributed by atoms with van der Waals surface area (Å²) >= 11 is 5.22. The molecule has 0 aliphatic rings. The van der Waals surface area contributed by atoms with Gasteiger partial charge in [-0.15, -0.1) is 0 Å². The highest BCUT2D eigenvalue weighted by atomic mass is 32.1. The van der Waals surface area contributed by atoms with E-state index in [-0.39, 0.29) is 0 Å². The monoisotopic (exact) mass is 325 g/mol. The summed E-state index contributed by atoms with van der Waals surface area (Å²) in [6.45, 7) is 0. The fourth-order valence-electron chi connectivity index (χ4n) is 1.96. The molecule has 0 bridgehead atoms. The minimum atomic E-state index is 0.395. The molecule has 7 nitrogen and oxygen atoms in total. The first-order valence-electron chi connectivity index (χ1n) is 6.91. The quantitative estimate of drug-likeness (QED) is 0.589. The molecular formula is C15H15N7S. The third-order valence-electron chi connectivity index (χ3n) is 3.17. The second-order valence-electron chi connectivity index (χ2n) is 4.99. The van der Waals surface area contributed by atoms with E-state index in [0.29, 0.717) is 16.3 Å². The van der Waals surface area contributed by atoms with Crippen LogP contribution in [0.5, 0.6) is 0 Å². The minimum Gasteiger partial charge on any atom is -0.378 e. The maximum absolute atomic E-state index is 5.22. The zero-order valence-electron chi connectivity index (χ0n) is 12.7. The van der Waals surface area contributed by atoms with Crippen LogP contribution in [0.25, 0.3) is 11.5 Å². The fraction of sp³-hybridized carbons (Fsp3) is 0.133. The molecule has 2 aromatic heterocycles. The first-order chi connectivity index (χ1) is 11.1. The number of anilines is 1. The zero-order valence-corrected chi connectivity index (χ0v) is 13.5. The smallest absolute Gasteiger partial charge is 0.216 e. The van der Waals surface area contributed by atoms with E-state index in [1.165, 1.54) is 4.68 Å². The molecule has 116 valence electrons. The molecule has 3 rings (SSSR count). The van der Waals surface area contributed by atoms with Gasteiger partial charge < -0.3 is 4.90 Å². The van der Waals surface area contributed by atoms with Crippen LogP contribution in [0.2, 0.25) is 0 Å². The third kappa shape index (κ3) is 3.32. The summed E-state index contributed by atoms with van der Waals surface area (Å²) in [7, 11) is 4.00. The number of hydrogen-bond acceptors (Lipinski definition) is 6. The van der Waals surface area contributed by atoms with Crippen LogP contribution in [-0.4, -0.2) is 45.2 Å². The van der Waals surface area contributed by atoms with Crippen molar-refractivity contribution in [3.8, 4) is 11.5 Å². The van der Waals surface area contributed by atoms with Crippen molar-refractivity contribution in [2.75, 3.05) is 19.0 Å². The summed E-state index contributed by atoms with van der Waals surface area (Å²) in [5, 5.41) is 11.3. The lowest BCUT2D eigenvalue weighted by Crippen LogP contribution is -2.08. The van der Waals surface area contributed by atoms with Crippen LogP contribution in [0.1, 0.15) is 5.56 Å². The van der Waals surface area contributed by atoms with Crippen molar-refractivity contribution in [3.63, 3.8) is 0 Å². The predicted molar refractivity (Wildman–Crippen MR) is 92.2 cm³/mol. The maximum Gasteiger partial charge on any atom is 0.216 e. The van der Waals surface area contributed by atoms with Crippen molar-refractivity contribution in [3.05, 3.63) is 53.2 Å². The first-order valence-corrected chi connectivity index (χ1v) is 7.31. The molecular weight excluding hydrogens is 310 g/mol. The number of nitrogens with zero attached hydrogens (tertiary/aromatic N) is 6. The van der Waals surface area contributed by atoms with E-state index >= 15 is 0 Å². The molecule has 0 spiro atoms. The normalized spacial score (nSPS) is 11.0. The molecule has 0 saturated heterocycles. The standard InChI is InChI=1S/C15H15N7S/c1-21(2)12-5-3-11(4-6-12)9-18-22-14(19-20-15(22)23)13-10-16-7-8-17-13/h3-10H,1-2H3,(H,20,23)/b18-9+. The van der Waals surface area contributed by atoms with Crippen molar-refractivity contribution >= 4 is 24.1 Å². The average Bonchev–Trinajstić information content (AvgIpc) is 2.95. The maximum atomic E-state index is 5.22. The summed E-state index contributed by atoms with van der Waals surface area (Å²) < 4.78 is 1.92. The van der Waals surface area contributed by atoms with Gasteiger partial charge in [0.25, 0.3) is 0 Å². The highest BCUT2D eigenvalue weighted by molar-refractivity contribution is 7.71. The van der Waals surface area contributed by atoms with Gasteiger partial charge in [-0.05, 0) is 29.9 Å². The van der Waals surface area contributed by atoms with E-state index < -0.39 is 0 Å². The van der Waals surface area contributed by atoms with Crippen LogP contribution in [0.15, 0.2) is 48.0 Å². The number of H-pyrrole nitrogens is 1. The van der Waals surface area contributed by atoms with Crippen LogP contribution in [0.4, 0.5) is 5.69 Å². The second kappa shape index (κ2) is 6.49. The van der Waals surface area contributed by atoms with Crippen LogP contribution in [-0.2, 0) is 0 Å². The lowest BCUT2D eigenvalue weighted by molar-refractivity contribution is 0.866. The largest absolute Gasteiger partial charge is 0.378 e. The molecule has 0 radical (unpaired) electrons. The predicted octanol–water partition coefficient (Wildman–Crippen LogP) is 2.35. The van der Waals surface area contributed by atoms with Gasteiger partial charge in [-0.2, -0.15) is 14.9 Å². The van der Waals surface area contributed by atoms with Gasteiger partial charge in [0.2, 0.25) is 10.6 Å². The SMILES string of the molecule is CN(C)c1ccc(/C=N/n2c(-c3cnccn3)n[nH]c2=S)cc1. The summed E-state index contributed by atoms with van der Waals surface area (Å²) in [5.41, 5.74) is 2.69. The number of benzene rings is 1. The number of hydrogen-bond donors (Lipinski definition) is 1. The van der Waals surface area contributed by atoms with Crippen LogP contribution in [0, 0.1) is 4.77 Å². The lowest BCUT2D eigenvalue weighted by atomic mass is 10.2. The van der Waals surface area contributed by atoms with Gasteiger partial charge in [-0.1, -0.05) is 12.1 Å². The van der Waals surface area contributed by atoms with Crippen molar-refractivity contribution in [2.24, 2.45) is 5.10 Å². The van der Waals surface area contributed by atoms with Gasteiger partial charge in [0, 0.05) is 32.2 Å². The van der Waals surface area contributed by atoms with Crippen molar-refractivity contribution in [1.29, 1.82) is 0 Å². The third-order valence-corrected chi connectivity index (χ3v) is 3.44. The molecule has 1 N–H and O–H groups in total. The Morgan fingerprint density at radius 3 is 2.65 bits per heavy atom. The van der Waals surface area contributed by atoms with Crippen molar-refractivity contribution in [2.45, 2.75) is 0 Å². The molecule has 0 aliphatic carbocycles. The van der Waals surface area contributed by atoms with Gasteiger partial charge in [0.1, 0.15) is 5.69 Å². The van der Waals surface area contributed by atoms with Gasteiger partial charge in [-0.3, -0.25) is 4.98 Å². The van der Waals surface area contributed by atoms with Crippen molar-refractivity contribution < 1.29 is 0 Å². The Hall–Kier alpha value is -2.87. The molecule has 3 aromatic rings.